The molecule has 1 aliphatic rings. The first-order chi connectivity index (χ1) is 7.36. The average Bonchev–Trinajstić information content (AvgIpc) is 2.99. The van der Waals surface area contributed by atoms with Crippen molar-refractivity contribution in [2.24, 2.45) is 0 Å². The third kappa shape index (κ3) is 2.17. The van der Waals surface area contributed by atoms with Gasteiger partial charge in [0.15, 0.2) is 0 Å². The molecule has 1 atom stereocenters. The Morgan fingerprint density at radius 2 is 2.53 bits per heavy atom. The summed E-state index contributed by atoms with van der Waals surface area (Å²) in [6.07, 6.45) is 5.83. The van der Waals surface area contributed by atoms with Gasteiger partial charge < -0.3 is 9.67 Å². The Labute approximate surface area is 88.4 Å². The molecule has 80 valence electrons. The summed E-state index contributed by atoms with van der Waals surface area (Å²) in [4.78, 5) is 4.07. The first kappa shape index (κ1) is 10.1. The lowest BCUT2D eigenvalue weighted by atomic mass is 10.2. The molecule has 1 aliphatic carbocycles. The van der Waals surface area contributed by atoms with Crippen LogP contribution in [0.5, 0.6) is 0 Å². The molecule has 2 N–H and O–H groups in total. The molecule has 5 nitrogen and oxygen atoms in total. The maximum Gasteiger partial charge on any atom is 0.138 e. The number of nitrogens with one attached hydrogen (secondary N) is 1. The molecule has 0 aromatic carbocycles. The summed E-state index contributed by atoms with van der Waals surface area (Å²) in [6.45, 7) is 0.462. The number of imidazole rings is 1. The van der Waals surface area contributed by atoms with Crippen molar-refractivity contribution >= 4 is 0 Å². The summed E-state index contributed by atoms with van der Waals surface area (Å²) in [6, 6.07) is 2.33. The van der Waals surface area contributed by atoms with Crippen molar-refractivity contribution in [1.29, 1.82) is 5.26 Å². The van der Waals surface area contributed by atoms with Crippen LogP contribution in [-0.4, -0.2) is 27.8 Å². The van der Waals surface area contributed by atoms with Crippen molar-refractivity contribution in [1.82, 2.24) is 14.9 Å². The zero-order valence-corrected chi connectivity index (χ0v) is 8.43. The van der Waals surface area contributed by atoms with E-state index in [-0.39, 0.29) is 12.6 Å². The highest BCUT2D eigenvalue weighted by molar-refractivity contribution is 5.15. The summed E-state index contributed by atoms with van der Waals surface area (Å²) in [5.41, 5.74) is 0.897. The molecule has 1 aromatic heterocycles. The highest BCUT2D eigenvalue weighted by atomic mass is 16.3. The van der Waals surface area contributed by atoms with E-state index in [0.29, 0.717) is 12.6 Å². The first-order valence-electron chi connectivity index (χ1n) is 5.12. The third-order valence-electron chi connectivity index (χ3n) is 2.52. The van der Waals surface area contributed by atoms with Crippen molar-refractivity contribution in [2.75, 3.05) is 13.2 Å². The second-order valence-corrected chi connectivity index (χ2v) is 3.70. The van der Waals surface area contributed by atoms with Crippen LogP contribution in [-0.2, 0) is 0 Å². The molecular weight excluding hydrogens is 192 g/mol. The quantitative estimate of drug-likeness (QED) is 0.729. The van der Waals surface area contributed by atoms with Gasteiger partial charge in [-0.2, -0.15) is 5.26 Å². The lowest BCUT2D eigenvalue weighted by molar-refractivity contribution is 0.288. The second-order valence-electron chi connectivity index (χ2n) is 3.70. The van der Waals surface area contributed by atoms with Gasteiger partial charge in [0.1, 0.15) is 6.04 Å². The van der Waals surface area contributed by atoms with Crippen LogP contribution < -0.4 is 5.32 Å². The topological polar surface area (TPSA) is 73.9 Å². The summed E-state index contributed by atoms with van der Waals surface area (Å²) >= 11 is 0. The zero-order chi connectivity index (χ0) is 10.7. The minimum absolute atomic E-state index is 0.0374. The molecule has 2 rings (SSSR count). The van der Waals surface area contributed by atoms with Gasteiger partial charge in [0.25, 0.3) is 0 Å². The average molecular weight is 206 g/mol. The highest BCUT2D eigenvalue weighted by Crippen LogP contribution is 2.36. The van der Waals surface area contributed by atoms with E-state index in [4.69, 9.17) is 10.4 Å². The minimum atomic E-state index is -0.375. The van der Waals surface area contributed by atoms with E-state index >= 15 is 0 Å². The Bertz CT molecular complexity index is 364. The molecule has 0 bridgehead atoms. The fraction of sp³-hybridized carbons (Fsp3) is 0.600. The van der Waals surface area contributed by atoms with Crippen molar-refractivity contribution < 1.29 is 5.11 Å². The van der Waals surface area contributed by atoms with E-state index in [0.717, 1.165) is 5.69 Å². The molecule has 0 radical (unpaired) electrons. The summed E-state index contributed by atoms with van der Waals surface area (Å²) in [5, 5.41) is 20.7. The maximum absolute atomic E-state index is 9.02. The maximum atomic E-state index is 9.02. The van der Waals surface area contributed by atoms with E-state index in [1.165, 1.54) is 12.8 Å². The summed E-state index contributed by atoms with van der Waals surface area (Å²) in [5.74, 6) is 0. The number of rotatable bonds is 5. The second kappa shape index (κ2) is 4.43. The molecule has 1 heterocycles. The van der Waals surface area contributed by atoms with E-state index in [2.05, 4.69) is 20.9 Å². The largest absolute Gasteiger partial charge is 0.395 e. The van der Waals surface area contributed by atoms with Gasteiger partial charge in [0, 0.05) is 12.6 Å². The molecule has 0 spiro atoms. The molecule has 5 heteroatoms. The minimum Gasteiger partial charge on any atom is -0.395 e. The predicted octanol–water partition coefficient (Wildman–Crippen LogP) is 0.365. The SMILES string of the molecule is N#CC(NCCO)c1cncn1C1CC1. The van der Waals surface area contributed by atoms with Crippen molar-refractivity contribution in [3.63, 3.8) is 0 Å². The molecule has 1 fully saturated rings. The Balaban J connectivity index is 2.11. The fourth-order valence-electron chi connectivity index (χ4n) is 1.62. The van der Waals surface area contributed by atoms with Crippen LogP contribution in [0.4, 0.5) is 0 Å². The lowest BCUT2D eigenvalue weighted by Gasteiger charge is -2.12. The van der Waals surface area contributed by atoms with E-state index in [1.807, 2.05) is 0 Å². The van der Waals surface area contributed by atoms with Gasteiger partial charge in [-0.1, -0.05) is 0 Å². The van der Waals surface area contributed by atoms with E-state index < -0.39 is 0 Å². The normalized spacial score (nSPS) is 17.3. The van der Waals surface area contributed by atoms with Crippen LogP contribution in [0.15, 0.2) is 12.5 Å². The van der Waals surface area contributed by atoms with E-state index in [9.17, 15) is 0 Å². The monoisotopic (exact) mass is 206 g/mol. The third-order valence-corrected chi connectivity index (χ3v) is 2.52. The van der Waals surface area contributed by atoms with Gasteiger partial charge in [-0.3, -0.25) is 5.32 Å². The number of nitriles is 1. The van der Waals surface area contributed by atoms with E-state index in [1.54, 1.807) is 12.5 Å². The molecule has 0 aliphatic heterocycles. The van der Waals surface area contributed by atoms with Gasteiger partial charge in [-0.25, -0.2) is 4.98 Å². The standard InChI is InChI=1S/C10H14N4O/c11-5-9(13-3-4-15)10-6-12-7-14(10)8-1-2-8/h6-9,13,15H,1-4H2. The molecular formula is C10H14N4O. The highest BCUT2D eigenvalue weighted by Gasteiger charge is 2.27. The molecule has 1 saturated carbocycles. The van der Waals surface area contributed by atoms with Gasteiger partial charge >= 0.3 is 0 Å². The molecule has 1 aromatic rings. The van der Waals surface area contributed by atoms with Crippen molar-refractivity contribution in [3.8, 4) is 6.07 Å². The number of aliphatic hydroxyl groups is 1. The van der Waals surface area contributed by atoms with Gasteiger partial charge in [-0.05, 0) is 12.8 Å². The summed E-state index contributed by atoms with van der Waals surface area (Å²) < 4.78 is 2.05. The number of nitrogens with zero attached hydrogens (tertiary/aromatic N) is 3. The Morgan fingerprint density at radius 1 is 1.73 bits per heavy atom. The van der Waals surface area contributed by atoms with Gasteiger partial charge in [-0.15, -0.1) is 0 Å². The van der Waals surface area contributed by atoms with Crippen LogP contribution in [0, 0.1) is 11.3 Å². The van der Waals surface area contributed by atoms with Crippen LogP contribution in [0.3, 0.4) is 0 Å². The molecule has 0 amide bonds. The van der Waals surface area contributed by atoms with Gasteiger partial charge in [0.05, 0.1) is 30.9 Å². The van der Waals surface area contributed by atoms with Crippen LogP contribution in [0.25, 0.3) is 0 Å². The van der Waals surface area contributed by atoms with Gasteiger partial charge in [0.2, 0.25) is 0 Å². The molecule has 0 saturated heterocycles. The first-order valence-corrected chi connectivity index (χ1v) is 5.12. The Kier molecular flexibility index (Phi) is 2.99. The number of hydrogen-bond acceptors (Lipinski definition) is 4. The number of aliphatic hydroxyl groups excluding tert-OH is 1. The molecule has 1 unspecified atom stereocenters. The van der Waals surface area contributed by atoms with Crippen LogP contribution in [0.2, 0.25) is 0 Å². The predicted molar refractivity (Wildman–Crippen MR) is 53.9 cm³/mol. The summed E-state index contributed by atoms with van der Waals surface area (Å²) in [7, 11) is 0. The lowest BCUT2D eigenvalue weighted by Crippen LogP contribution is -2.25. The number of hydrogen-bond donors (Lipinski definition) is 2. The smallest absolute Gasteiger partial charge is 0.138 e. The Hall–Kier alpha value is -1.38. The number of aromatic nitrogens is 2. The Morgan fingerprint density at radius 3 is 3.13 bits per heavy atom. The van der Waals surface area contributed by atoms with Crippen molar-refractivity contribution in [2.45, 2.75) is 24.9 Å². The fourth-order valence-corrected chi connectivity index (χ4v) is 1.62. The van der Waals surface area contributed by atoms with Crippen molar-refractivity contribution in [3.05, 3.63) is 18.2 Å². The van der Waals surface area contributed by atoms with Crippen LogP contribution in [0.1, 0.15) is 30.6 Å². The molecule has 15 heavy (non-hydrogen) atoms. The van der Waals surface area contributed by atoms with Crippen LogP contribution >= 0.6 is 0 Å². The zero-order valence-electron chi connectivity index (χ0n) is 8.43.